The molecule has 0 heterocycles. The summed E-state index contributed by atoms with van der Waals surface area (Å²) in [4.78, 5) is 15.7. The third kappa shape index (κ3) is 6.66. The van der Waals surface area contributed by atoms with Crippen molar-refractivity contribution in [2.75, 3.05) is 39.8 Å². The number of ether oxygens (including phenoxy) is 1. The molecule has 0 aromatic heterocycles. The highest BCUT2D eigenvalue weighted by Crippen LogP contribution is 2.14. The van der Waals surface area contributed by atoms with Gasteiger partial charge in [-0.25, -0.2) is 4.39 Å². The molecule has 0 fully saturated rings. The lowest BCUT2D eigenvalue weighted by Gasteiger charge is -2.25. The molecule has 126 valence electrons. The molecule has 0 spiro atoms. The molecule has 1 atom stereocenters. The van der Waals surface area contributed by atoms with Gasteiger partial charge in [-0.2, -0.15) is 5.26 Å². The van der Waals surface area contributed by atoms with Crippen molar-refractivity contribution in [1.82, 2.24) is 9.80 Å². The summed E-state index contributed by atoms with van der Waals surface area (Å²) in [5, 5.41) is 8.84. The van der Waals surface area contributed by atoms with Crippen molar-refractivity contribution in [3.63, 3.8) is 0 Å². The van der Waals surface area contributed by atoms with Crippen LogP contribution in [0, 0.1) is 23.1 Å². The Labute approximate surface area is 137 Å². The zero-order chi connectivity index (χ0) is 17.2. The van der Waals surface area contributed by atoms with Crippen molar-refractivity contribution in [1.29, 1.82) is 5.26 Å². The van der Waals surface area contributed by atoms with Crippen LogP contribution in [-0.2, 0) is 4.79 Å². The molecule has 1 aromatic rings. The second-order valence-electron chi connectivity index (χ2n) is 5.48. The monoisotopic (exact) mass is 321 g/mol. The second kappa shape index (κ2) is 9.80. The summed E-state index contributed by atoms with van der Waals surface area (Å²) in [6.07, 6.45) is 0. The average Bonchev–Trinajstić information content (AvgIpc) is 2.53. The van der Waals surface area contributed by atoms with Gasteiger partial charge in [0, 0.05) is 19.6 Å². The number of hydrogen-bond acceptors (Lipinski definition) is 4. The van der Waals surface area contributed by atoms with Crippen molar-refractivity contribution < 1.29 is 13.9 Å². The Kier molecular flexibility index (Phi) is 8.06. The first-order valence-corrected chi connectivity index (χ1v) is 7.71. The maximum absolute atomic E-state index is 13.4. The molecule has 0 aliphatic carbocycles. The van der Waals surface area contributed by atoms with E-state index < -0.39 is 5.82 Å². The molecule has 0 radical (unpaired) electrons. The molecule has 0 bridgehead atoms. The number of carbonyl (C=O) groups excluding carboxylic acids is 1. The lowest BCUT2D eigenvalue weighted by molar-refractivity contribution is -0.132. The maximum atomic E-state index is 13.4. The molecule has 0 saturated carbocycles. The molecule has 5 nitrogen and oxygen atoms in total. The van der Waals surface area contributed by atoms with Gasteiger partial charge in [-0.05, 0) is 33.0 Å². The van der Waals surface area contributed by atoms with E-state index in [4.69, 9.17) is 10.00 Å². The number of nitriles is 1. The minimum Gasteiger partial charge on any atom is -0.489 e. The number of halogens is 1. The van der Waals surface area contributed by atoms with Crippen LogP contribution in [0.3, 0.4) is 0 Å². The zero-order valence-corrected chi connectivity index (χ0v) is 14.0. The standard InChI is InChI=1S/C17H24FN3O2/c1-4-21(12-14(2)11-19)17(22)13-20(3)9-10-23-16-8-6-5-7-15(16)18/h5-8,14H,4,9-10,12-13H2,1-3H3. The van der Waals surface area contributed by atoms with Gasteiger partial charge in [0.05, 0.1) is 18.5 Å². The first-order chi connectivity index (χ1) is 11.0. The van der Waals surface area contributed by atoms with Crippen LogP contribution in [0.15, 0.2) is 24.3 Å². The molecular formula is C17H24FN3O2. The first-order valence-electron chi connectivity index (χ1n) is 7.71. The summed E-state index contributed by atoms with van der Waals surface area (Å²) in [5.41, 5.74) is 0. The van der Waals surface area contributed by atoms with Crippen LogP contribution in [0.2, 0.25) is 0 Å². The van der Waals surface area contributed by atoms with Gasteiger partial charge >= 0.3 is 0 Å². The van der Waals surface area contributed by atoms with Gasteiger partial charge in [-0.3, -0.25) is 9.69 Å². The van der Waals surface area contributed by atoms with Crippen molar-refractivity contribution in [3.8, 4) is 11.8 Å². The highest BCUT2D eigenvalue weighted by atomic mass is 19.1. The summed E-state index contributed by atoms with van der Waals surface area (Å²) < 4.78 is 18.8. The van der Waals surface area contributed by atoms with Crippen molar-refractivity contribution in [2.45, 2.75) is 13.8 Å². The quantitative estimate of drug-likeness (QED) is 0.699. The molecule has 1 aromatic carbocycles. The number of carbonyl (C=O) groups is 1. The molecule has 0 aliphatic heterocycles. The predicted octanol–water partition coefficient (Wildman–Crippen LogP) is 2.14. The van der Waals surface area contributed by atoms with Crippen LogP contribution >= 0.6 is 0 Å². The van der Waals surface area contributed by atoms with Crippen molar-refractivity contribution in [3.05, 3.63) is 30.1 Å². The van der Waals surface area contributed by atoms with Gasteiger partial charge in [0.25, 0.3) is 0 Å². The first kappa shape index (κ1) is 18.9. The van der Waals surface area contributed by atoms with Gasteiger partial charge in [0.1, 0.15) is 6.61 Å². The van der Waals surface area contributed by atoms with Gasteiger partial charge in [-0.1, -0.05) is 12.1 Å². The minimum absolute atomic E-state index is 0.0250. The van der Waals surface area contributed by atoms with Crippen LogP contribution in [0.4, 0.5) is 4.39 Å². The van der Waals surface area contributed by atoms with E-state index in [0.29, 0.717) is 26.2 Å². The van der Waals surface area contributed by atoms with Crippen molar-refractivity contribution >= 4 is 5.91 Å². The molecule has 0 saturated heterocycles. The number of benzene rings is 1. The van der Waals surface area contributed by atoms with E-state index in [9.17, 15) is 9.18 Å². The lowest BCUT2D eigenvalue weighted by atomic mass is 10.2. The number of nitrogens with zero attached hydrogens (tertiary/aromatic N) is 3. The van der Waals surface area contributed by atoms with Gasteiger partial charge in [0.2, 0.25) is 5.91 Å². The largest absolute Gasteiger partial charge is 0.489 e. The average molecular weight is 321 g/mol. The van der Waals surface area contributed by atoms with Gasteiger partial charge in [0.15, 0.2) is 11.6 Å². The summed E-state index contributed by atoms with van der Waals surface area (Å²) in [6, 6.07) is 8.37. The summed E-state index contributed by atoms with van der Waals surface area (Å²) >= 11 is 0. The zero-order valence-electron chi connectivity index (χ0n) is 14.0. The topological polar surface area (TPSA) is 56.6 Å². The Balaban J connectivity index is 2.37. The van der Waals surface area contributed by atoms with E-state index in [1.807, 2.05) is 18.9 Å². The number of rotatable bonds is 9. The van der Waals surface area contributed by atoms with Crippen LogP contribution < -0.4 is 4.74 Å². The van der Waals surface area contributed by atoms with Crippen LogP contribution in [0.5, 0.6) is 5.75 Å². The fourth-order valence-electron chi connectivity index (χ4n) is 2.06. The molecule has 1 amide bonds. The molecule has 1 rings (SSSR count). The molecular weight excluding hydrogens is 297 g/mol. The second-order valence-corrected chi connectivity index (χ2v) is 5.48. The van der Waals surface area contributed by atoms with Gasteiger partial charge < -0.3 is 9.64 Å². The highest BCUT2D eigenvalue weighted by molar-refractivity contribution is 5.78. The third-order valence-corrected chi connectivity index (χ3v) is 3.42. The van der Waals surface area contributed by atoms with Crippen LogP contribution in [0.1, 0.15) is 13.8 Å². The highest BCUT2D eigenvalue weighted by Gasteiger charge is 2.16. The molecule has 0 N–H and O–H groups in total. The fraction of sp³-hybridized carbons (Fsp3) is 0.529. The Morgan fingerprint density at radius 3 is 2.74 bits per heavy atom. The summed E-state index contributed by atoms with van der Waals surface area (Å²) in [6.45, 7) is 5.74. The normalized spacial score (nSPS) is 11.8. The van der Waals surface area contributed by atoms with Crippen LogP contribution in [0.25, 0.3) is 0 Å². The lowest BCUT2D eigenvalue weighted by Crippen LogP contribution is -2.41. The summed E-state index contributed by atoms with van der Waals surface area (Å²) in [7, 11) is 1.81. The molecule has 1 unspecified atom stereocenters. The fourth-order valence-corrected chi connectivity index (χ4v) is 2.06. The number of hydrogen-bond donors (Lipinski definition) is 0. The van der Waals surface area contributed by atoms with Crippen molar-refractivity contribution in [2.24, 2.45) is 5.92 Å². The molecule has 6 heteroatoms. The number of amides is 1. The van der Waals surface area contributed by atoms with Crippen LogP contribution in [-0.4, -0.2) is 55.5 Å². The Morgan fingerprint density at radius 2 is 2.13 bits per heavy atom. The van der Waals surface area contributed by atoms with E-state index in [-0.39, 0.29) is 24.1 Å². The molecule has 23 heavy (non-hydrogen) atoms. The summed E-state index contributed by atoms with van der Waals surface area (Å²) in [5.74, 6) is -0.393. The third-order valence-electron chi connectivity index (χ3n) is 3.42. The SMILES string of the molecule is CCN(CC(C)C#N)C(=O)CN(C)CCOc1ccccc1F. The van der Waals surface area contributed by atoms with E-state index in [1.165, 1.54) is 6.07 Å². The van der Waals surface area contributed by atoms with E-state index in [1.54, 1.807) is 30.0 Å². The smallest absolute Gasteiger partial charge is 0.236 e. The number of para-hydroxylation sites is 1. The molecule has 0 aliphatic rings. The predicted molar refractivity (Wildman–Crippen MR) is 86.4 cm³/mol. The van der Waals surface area contributed by atoms with Gasteiger partial charge in [-0.15, -0.1) is 0 Å². The van der Waals surface area contributed by atoms with E-state index >= 15 is 0 Å². The Hall–Kier alpha value is -2.13. The maximum Gasteiger partial charge on any atom is 0.236 e. The number of likely N-dealkylation sites (N-methyl/N-ethyl adjacent to an activating group) is 2. The van der Waals surface area contributed by atoms with E-state index in [0.717, 1.165) is 0 Å². The Bertz CT molecular complexity index is 545. The Morgan fingerprint density at radius 1 is 1.43 bits per heavy atom. The van der Waals surface area contributed by atoms with E-state index in [2.05, 4.69) is 6.07 Å². The minimum atomic E-state index is -0.395.